The predicted molar refractivity (Wildman–Crippen MR) is 89.8 cm³/mol. The first-order valence-corrected chi connectivity index (χ1v) is 7.96. The second-order valence-electron chi connectivity index (χ2n) is 4.80. The van der Waals surface area contributed by atoms with Crippen LogP contribution in [0.5, 0.6) is 0 Å². The van der Waals surface area contributed by atoms with Gasteiger partial charge in [0.25, 0.3) is 0 Å². The van der Waals surface area contributed by atoms with Crippen molar-refractivity contribution in [3.63, 3.8) is 0 Å². The van der Waals surface area contributed by atoms with Gasteiger partial charge in [0.05, 0.1) is 4.47 Å². The van der Waals surface area contributed by atoms with E-state index in [-0.39, 0.29) is 5.56 Å². The molecule has 0 saturated carbocycles. The van der Waals surface area contributed by atoms with E-state index < -0.39 is 11.9 Å². The first-order valence-electron chi connectivity index (χ1n) is 6.37. The number of halogens is 3. The van der Waals surface area contributed by atoms with Crippen LogP contribution in [-0.2, 0) is 0 Å². The Kier molecular flexibility index (Phi) is 4.11. The molecule has 0 heterocycles. The van der Waals surface area contributed by atoms with Crippen molar-refractivity contribution in [2.45, 2.75) is 6.10 Å². The lowest BCUT2D eigenvalue weighted by molar-refractivity contribution is 0.215. The third kappa shape index (κ3) is 2.89. The standard InChI is InChI=1S/C17H11Br2FO/c18-13-7-6-10-8-12(5-4-11(10)9-13)17(21)14-2-1-3-15(19)16(14)20/h1-9,17,21H. The summed E-state index contributed by atoms with van der Waals surface area (Å²) < 4.78 is 15.4. The molecule has 0 spiro atoms. The molecule has 1 nitrogen and oxygen atoms in total. The largest absolute Gasteiger partial charge is 0.384 e. The van der Waals surface area contributed by atoms with Crippen LogP contribution in [0.3, 0.4) is 0 Å². The lowest BCUT2D eigenvalue weighted by atomic mass is 9.98. The second-order valence-corrected chi connectivity index (χ2v) is 6.57. The normalized spacial score (nSPS) is 12.6. The summed E-state index contributed by atoms with van der Waals surface area (Å²) in [7, 11) is 0. The molecular weight excluding hydrogens is 399 g/mol. The zero-order valence-corrected chi connectivity index (χ0v) is 14.0. The van der Waals surface area contributed by atoms with Crippen LogP contribution in [0, 0.1) is 5.82 Å². The zero-order chi connectivity index (χ0) is 15.0. The number of rotatable bonds is 2. The van der Waals surface area contributed by atoms with Crippen LogP contribution in [0.1, 0.15) is 17.2 Å². The van der Waals surface area contributed by atoms with Crippen LogP contribution in [-0.4, -0.2) is 5.11 Å². The van der Waals surface area contributed by atoms with Crippen LogP contribution in [0.15, 0.2) is 63.5 Å². The summed E-state index contributed by atoms with van der Waals surface area (Å²) in [5.41, 5.74) is 0.933. The van der Waals surface area contributed by atoms with Crippen molar-refractivity contribution >= 4 is 42.6 Å². The number of fused-ring (bicyclic) bond motifs is 1. The molecule has 21 heavy (non-hydrogen) atoms. The fourth-order valence-electron chi connectivity index (χ4n) is 2.32. The van der Waals surface area contributed by atoms with E-state index >= 15 is 0 Å². The molecule has 0 saturated heterocycles. The van der Waals surface area contributed by atoms with Crippen molar-refractivity contribution in [1.29, 1.82) is 0 Å². The molecule has 0 fully saturated rings. The summed E-state index contributed by atoms with van der Waals surface area (Å²) >= 11 is 6.57. The van der Waals surface area contributed by atoms with Crippen molar-refractivity contribution in [2.24, 2.45) is 0 Å². The van der Waals surface area contributed by atoms with E-state index in [1.165, 1.54) is 0 Å². The van der Waals surface area contributed by atoms with Crippen LogP contribution in [0.2, 0.25) is 0 Å². The van der Waals surface area contributed by atoms with Gasteiger partial charge in [-0.15, -0.1) is 0 Å². The molecule has 0 aliphatic heterocycles. The molecule has 0 aliphatic carbocycles. The molecule has 106 valence electrons. The Bertz CT molecular complexity index is 817. The molecule has 1 N–H and O–H groups in total. The first-order chi connectivity index (χ1) is 10.1. The molecule has 3 aromatic rings. The van der Waals surface area contributed by atoms with Crippen LogP contribution in [0.4, 0.5) is 4.39 Å². The topological polar surface area (TPSA) is 20.2 Å². The van der Waals surface area contributed by atoms with Crippen molar-refractivity contribution < 1.29 is 9.50 Å². The van der Waals surface area contributed by atoms with Crippen molar-refractivity contribution in [1.82, 2.24) is 0 Å². The van der Waals surface area contributed by atoms with Gasteiger partial charge in [-0.05, 0) is 56.5 Å². The Morgan fingerprint density at radius 1 is 0.905 bits per heavy atom. The highest BCUT2D eigenvalue weighted by molar-refractivity contribution is 9.10. The van der Waals surface area contributed by atoms with Gasteiger partial charge in [-0.1, -0.05) is 46.3 Å². The molecule has 3 aromatic carbocycles. The highest BCUT2D eigenvalue weighted by Crippen LogP contribution is 2.30. The molecule has 0 aliphatic rings. The van der Waals surface area contributed by atoms with E-state index in [9.17, 15) is 9.50 Å². The van der Waals surface area contributed by atoms with E-state index in [0.717, 1.165) is 15.2 Å². The van der Waals surface area contributed by atoms with Gasteiger partial charge in [0.1, 0.15) is 11.9 Å². The maximum absolute atomic E-state index is 14.1. The average Bonchev–Trinajstić information content (AvgIpc) is 2.49. The summed E-state index contributed by atoms with van der Waals surface area (Å²) in [5.74, 6) is -0.430. The third-order valence-electron chi connectivity index (χ3n) is 3.42. The lowest BCUT2D eigenvalue weighted by Gasteiger charge is -2.14. The minimum absolute atomic E-state index is 0.265. The lowest BCUT2D eigenvalue weighted by Crippen LogP contribution is -2.03. The number of benzene rings is 3. The molecule has 1 atom stereocenters. The molecule has 4 heteroatoms. The smallest absolute Gasteiger partial charge is 0.143 e. The Morgan fingerprint density at radius 2 is 1.62 bits per heavy atom. The van der Waals surface area contributed by atoms with Gasteiger partial charge in [0.15, 0.2) is 0 Å². The number of aliphatic hydroxyl groups excluding tert-OH is 1. The van der Waals surface area contributed by atoms with Crippen LogP contribution < -0.4 is 0 Å². The first kappa shape index (κ1) is 14.7. The summed E-state index contributed by atoms with van der Waals surface area (Å²) in [5, 5.41) is 12.5. The highest BCUT2D eigenvalue weighted by Gasteiger charge is 2.16. The SMILES string of the molecule is OC(c1ccc2cc(Br)ccc2c1)c1cccc(Br)c1F. The summed E-state index contributed by atoms with van der Waals surface area (Å²) in [6.45, 7) is 0. The van der Waals surface area contributed by atoms with Crippen molar-refractivity contribution in [3.8, 4) is 0 Å². The minimum Gasteiger partial charge on any atom is -0.384 e. The van der Waals surface area contributed by atoms with Gasteiger partial charge in [0.2, 0.25) is 0 Å². The second kappa shape index (κ2) is 5.87. The third-order valence-corrected chi connectivity index (χ3v) is 4.52. The van der Waals surface area contributed by atoms with E-state index in [1.807, 2.05) is 36.4 Å². The highest BCUT2D eigenvalue weighted by atomic mass is 79.9. The van der Waals surface area contributed by atoms with Gasteiger partial charge in [-0.3, -0.25) is 0 Å². The van der Waals surface area contributed by atoms with Crippen LogP contribution in [0.25, 0.3) is 10.8 Å². The Labute approximate surface area is 138 Å². The predicted octanol–water partition coefficient (Wildman–Crippen LogP) is 5.59. The fourth-order valence-corrected chi connectivity index (χ4v) is 3.08. The average molecular weight is 410 g/mol. The van der Waals surface area contributed by atoms with Gasteiger partial charge < -0.3 is 5.11 Å². The van der Waals surface area contributed by atoms with E-state index in [4.69, 9.17) is 0 Å². The molecule has 0 amide bonds. The number of hydrogen-bond acceptors (Lipinski definition) is 1. The fraction of sp³-hybridized carbons (Fsp3) is 0.0588. The Balaban J connectivity index is 2.07. The zero-order valence-electron chi connectivity index (χ0n) is 10.9. The maximum atomic E-state index is 14.1. The van der Waals surface area contributed by atoms with Gasteiger partial charge in [-0.25, -0.2) is 4.39 Å². The Hall–Kier alpha value is -1.23. The summed E-state index contributed by atoms with van der Waals surface area (Å²) in [6.07, 6.45) is -0.990. The van der Waals surface area contributed by atoms with Crippen LogP contribution >= 0.6 is 31.9 Å². The van der Waals surface area contributed by atoms with Gasteiger partial charge >= 0.3 is 0 Å². The summed E-state index contributed by atoms with van der Waals surface area (Å²) in [4.78, 5) is 0. The van der Waals surface area contributed by atoms with Crippen molar-refractivity contribution in [2.75, 3.05) is 0 Å². The quantitative estimate of drug-likeness (QED) is 0.585. The molecular formula is C17H11Br2FO. The maximum Gasteiger partial charge on any atom is 0.143 e. The monoisotopic (exact) mass is 408 g/mol. The number of aliphatic hydroxyl groups is 1. The molecule has 1 unspecified atom stereocenters. The van der Waals surface area contributed by atoms with E-state index in [0.29, 0.717) is 10.0 Å². The van der Waals surface area contributed by atoms with Gasteiger partial charge in [-0.2, -0.15) is 0 Å². The Morgan fingerprint density at radius 3 is 2.43 bits per heavy atom. The molecule has 0 aromatic heterocycles. The minimum atomic E-state index is -0.990. The molecule has 3 rings (SSSR count). The van der Waals surface area contributed by atoms with Crippen molar-refractivity contribution in [3.05, 3.63) is 80.5 Å². The van der Waals surface area contributed by atoms with E-state index in [1.54, 1.807) is 18.2 Å². The summed E-state index contributed by atoms with van der Waals surface area (Å²) in [6, 6.07) is 16.5. The van der Waals surface area contributed by atoms with E-state index in [2.05, 4.69) is 31.9 Å². The van der Waals surface area contributed by atoms with Gasteiger partial charge in [0, 0.05) is 10.0 Å². The molecule has 0 bridgehead atoms. The molecule has 0 radical (unpaired) electrons. The number of hydrogen-bond donors (Lipinski definition) is 1.